The van der Waals surface area contributed by atoms with E-state index in [9.17, 15) is 28.1 Å². The highest BCUT2D eigenvalue weighted by Gasteiger charge is 2.40. The number of pyridine rings is 1. The molecule has 0 bridgehead atoms. The van der Waals surface area contributed by atoms with Crippen LogP contribution in [0.3, 0.4) is 0 Å². The van der Waals surface area contributed by atoms with Gasteiger partial charge in [-0.1, -0.05) is 11.6 Å². The van der Waals surface area contributed by atoms with Gasteiger partial charge in [0.1, 0.15) is 0 Å². The third-order valence-corrected chi connectivity index (χ3v) is 1.73. The smallest absolute Gasteiger partial charge is 0.297 e. The van der Waals surface area contributed by atoms with Crippen LogP contribution < -0.4 is 5.32 Å². The lowest BCUT2D eigenvalue weighted by molar-refractivity contribution is -0.384. The Balaban J connectivity index is 3.07. The van der Waals surface area contributed by atoms with Gasteiger partial charge in [0.25, 0.3) is 0 Å². The molecule has 0 aliphatic heterocycles. The van der Waals surface area contributed by atoms with Crippen molar-refractivity contribution >= 4 is 29.0 Å². The number of rotatable bonds is 2. The third-order valence-electron chi connectivity index (χ3n) is 1.52. The lowest BCUT2D eigenvalue weighted by atomic mass is 10.4. The van der Waals surface area contributed by atoms with Crippen molar-refractivity contribution in [3.63, 3.8) is 0 Å². The van der Waals surface area contributed by atoms with E-state index in [2.05, 4.69) is 4.98 Å². The van der Waals surface area contributed by atoms with Gasteiger partial charge in [-0.2, -0.15) is 13.2 Å². The largest absolute Gasteiger partial charge is 0.471 e. The van der Waals surface area contributed by atoms with E-state index in [0.717, 1.165) is 12.3 Å². The van der Waals surface area contributed by atoms with Crippen LogP contribution in [-0.2, 0) is 4.79 Å². The van der Waals surface area contributed by atoms with E-state index < -0.39 is 28.5 Å². The Bertz CT molecular complexity index is 477. The van der Waals surface area contributed by atoms with Crippen LogP contribution in [0.2, 0.25) is 5.02 Å². The molecule has 1 N–H and O–H groups in total. The number of hydrogen-bond donors (Lipinski definition) is 1. The summed E-state index contributed by atoms with van der Waals surface area (Å²) in [6, 6.07) is 0.778. The number of nitrogens with one attached hydrogen (secondary N) is 1. The molecule has 92 valence electrons. The van der Waals surface area contributed by atoms with Gasteiger partial charge in [0, 0.05) is 12.3 Å². The standard InChI is InChI=1S/C7H3ClF3N3O3/c8-3-1-4(14(16)17)5(12-2-3)13-6(15)7(9,10)11/h1-2H,(H,12,13,15). The van der Waals surface area contributed by atoms with Crippen LogP contribution in [0.5, 0.6) is 0 Å². The number of hydrogen-bond acceptors (Lipinski definition) is 4. The van der Waals surface area contributed by atoms with Crippen LogP contribution in [0, 0.1) is 10.1 Å². The number of halogens is 4. The van der Waals surface area contributed by atoms with Gasteiger partial charge in [-0.3, -0.25) is 20.2 Å². The Kier molecular flexibility index (Phi) is 3.51. The summed E-state index contributed by atoms with van der Waals surface area (Å²) >= 11 is 5.39. The number of aromatic nitrogens is 1. The molecule has 0 radical (unpaired) electrons. The highest BCUT2D eigenvalue weighted by molar-refractivity contribution is 6.30. The molecule has 0 saturated carbocycles. The number of nitrogens with zero attached hydrogens (tertiary/aromatic N) is 2. The first-order valence-corrected chi connectivity index (χ1v) is 4.27. The molecule has 0 spiro atoms. The molecule has 10 heteroatoms. The quantitative estimate of drug-likeness (QED) is 0.658. The number of anilines is 1. The summed E-state index contributed by atoms with van der Waals surface area (Å²) in [4.78, 5) is 23.3. The van der Waals surface area contributed by atoms with Gasteiger partial charge < -0.3 is 0 Å². The minimum absolute atomic E-state index is 0.137. The molecule has 1 aromatic rings. The molecule has 0 fully saturated rings. The van der Waals surface area contributed by atoms with E-state index in [1.54, 1.807) is 0 Å². The van der Waals surface area contributed by atoms with Gasteiger partial charge in [0.2, 0.25) is 5.82 Å². The molecular formula is C7H3ClF3N3O3. The molecule has 0 aliphatic carbocycles. The van der Waals surface area contributed by atoms with Gasteiger partial charge in [-0.25, -0.2) is 4.98 Å². The lowest BCUT2D eigenvalue weighted by Crippen LogP contribution is -2.30. The molecule has 0 aliphatic rings. The Morgan fingerprint density at radius 3 is 2.59 bits per heavy atom. The van der Waals surface area contributed by atoms with Gasteiger partial charge >= 0.3 is 17.8 Å². The maximum absolute atomic E-state index is 11.9. The second-order valence-electron chi connectivity index (χ2n) is 2.73. The second-order valence-corrected chi connectivity index (χ2v) is 3.17. The lowest BCUT2D eigenvalue weighted by Gasteiger charge is -2.07. The predicted molar refractivity (Wildman–Crippen MR) is 50.6 cm³/mol. The second kappa shape index (κ2) is 4.53. The van der Waals surface area contributed by atoms with Crippen LogP contribution in [-0.4, -0.2) is 22.0 Å². The molecule has 17 heavy (non-hydrogen) atoms. The highest BCUT2D eigenvalue weighted by Crippen LogP contribution is 2.26. The van der Waals surface area contributed by atoms with Crippen LogP contribution in [0.25, 0.3) is 0 Å². The van der Waals surface area contributed by atoms with E-state index in [-0.39, 0.29) is 5.02 Å². The first kappa shape index (κ1) is 13.2. The molecule has 1 amide bonds. The van der Waals surface area contributed by atoms with Crippen molar-refractivity contribution in [1.29, 1.82) is 0 Å². The topological polar surface area (TPSA) is 85.1 Å². The maximum Gasteiger partial charge on any atom is 0.471 e. The van der Waals surface area contributed by atoms with Gasteiger partial charge in [0.15, 0.2) is 0 Å². The Labute approximate surface area is 96.5 Å². The van der Waals surface area contributed by atoms with E-state index in [4.69, 9.17) is 11.6 Å². The number of carbonyl (C=O) groups excluding carboxylic acids is 1. The summed E-state index contributed by atoms with van der Waals surface area (Å²) in [5.41, 5.74) is -0.824. The summed E-state index contributed by atoms with van der Waals surface area (Å²) in [5.74, 6) is -3.17. The summed E-state index contributed by atoms with van der Waals surface area (Å²) < 4.78 is 35.7. The Morgan fingerprint density at radius 2 is 2.12 bits per heavy atom. The fraction of sp³-hybridized carbons (Fsp3) is 0.143. The summed E-state index contributed by atoms with van der Waals surface area (Å²) in [6.07, 6.45) is -4.28. The van der Waals surface area contributed by atoms with Crippen LogP contribution in [0.15, 0.2) is 12.3 Å². The molecule has 1 rings (SSSR count). The van der Waals surface area contributed by atoms with E-state index in [1.165, 1.54) is 5.32 Å². The van der Waals surface area contributed by atoms with E-state index >= 15 is 0 Å². The highest BCUT2D eigenvalue weighted by atomic mass is 35.5. The number of amides is 1. The average molecular weight is 270 g/mol. The molecule has 6 nitrogen and oxygen atoms in total. The Morgan fingerprint density at radius 1 is 1.53 bits per heavy atom. The van der Waals surface area contributed by atoms with Crippen molar-refractivity contribution < 1.29 is 22.9 Å². The molecular weight excluding hydrogens is 267 g/mol. The molecule has 0 atom stereocenters. The van der Waals surface area contributed by atoms with Gasteiger partial charge in [-0.05, 0) is 0 Å². The summed E-state index contributed by atoms with van der Waals surface area (Å²) in [7, 11) is 0. The zero-order chi connectivity index (χ0) is 13.2. The maximum atomic E-state index is 11.9. The van der Waals surface area contributed by atoms with Crippen LogP contribution in [0.1, 0.15) is 0 Å². The predicted octanol–water partition coefficient (Wildman–Crippen LogP) is 2.14. The molecule has 1 heterocycles. The summed E-state index contributed by atoms with van der Waals surface area (Å²) in [5, 5.41) is 11.6. The number of nitro groups is 1. The van der Waals surface area contributed by atoms with Crippen LogP contribution in [0.4, 0.5) is 24.7 Å². The van der Waals surface area contributed by atoms with Crippen molar-refractivity contribution in [1.82, 2.24) is 4.98 Å². The van der Waals surface area contributed by atoms with Crippen molar-refractivity contribution in [2.24, 2.45) is 0 Å². The van der Waals surface area contributed by atoms with Crippen molar-refractivity contribution in [2.45, 2.75) is 6.18 Å². The number of carbonyl (C=O) groups is 1. The first-order chi connectivity index (χ1) is 7.71. The van der Waals surface area contributed by atoms with Crippen molar-refractivity contribution in [2.75, 3.05) is 5.32 Å². The molecule has 0 aromatic carbocycles. The zero-order valence-corrected chi connectivity index (χ0v) is 8.54. The minimum atomic E-state index is -5.16. The first-order valence-electron chi connectivity index (χ1n) is 3.90. The Hall–Kier alpha value is -1.90. The SMILES string of the molecule is O=C(Nc1ncc(Cl)cc1[N+](=O)[O-])C(F)(F)F. The van der Waals surface area contributed by atoms with Crippen molar-refractivity contribution in [3.8, 4) is 0 Å². The monoisotopic (exact) mass is 269 g/mol. The fourth-order valence-electron chi connectivity index (χ4n) is 0.842. The fourth-order valence-corrected chi connectivity index (χ4v) is 0.995. The third kappa shape index (κ3) is 3.28. The minimum Gasteiger partial charge on any atom is -0.297 e. The summed E-state index contributed by atoms with van der Waals surface area (Å²) in [6.45, 7) is 0. The van der Waals surface area contributed by atoms with Crippen LogP contribution >= 0.6 is 11.6 Å². The van der Waals surface area contributed by atoms with Crippen molar-refractivity contribution in [3.05, 3.63) is 27.4 Å². The average Bonchev–Trinajstić information content (AvgIpc) is 2.18. The number of alkyl halides is 3. The molecule has 0 saturated heterocycles. The normalized spacial score (nSPS) is 11.1. The van der Waals surface area contributed by atoms with E-state index in [1.807, 2.05) is 0 Å². The van der Waals surface area contributed by atoms with E-state index in [0.29, 0.717) is 0 Å². The molecule has 0 unspecified atom stereocenters. The zero-order valence-electron chi connectivity index (χ0n) is 7.79. The van der Waals surface area contributed by atoms with Gasteiger partial charge in [-0.15, -0.1) is 0 Å². The van der Waals surface area contributed by atoms with Gasteiger partial charge in [0.05, 0.1) is 9.95 Å². The molecule has 1 aromatic heterocycles.